The minimum absolute atomic E-state index is 0.0307. The maximum atomic E-state index is 13.1. The number of rotatable bonds is 7. The number of nitrogens with zero attached hydrogens (tertiary/aromatic N) is 4. The zero-order chi connectivity index (χ0) is 23.0. The van der Waals surface area contributed by atoms with Gasteiger partial charge in [-0.15, -0.1) is 0 Å². The number of carbonyl (C=O) groups is 2. The standard InChI is InChI=1S/C21H28N6O4S/c1-13(14-4-6-15(7-5-14)24-32(30)31)27-17-9-19(21(27)29)25(11-17)12-18(23)20(28)26-8-2-3-16(26)10-22/h4-7,13,16-19,24H,2-3,8-9,11-12,23H2,1H3,(H,30,31)/t13-,16+,17-,18+,19-/m1/s1. The normalized spacial score (nSPS) is 27.9. The fraction of sp³-hybridized carbons (Fsp3) is 0.571. The molecule has 172 valence electrons. The van der Waals surface area contributed by atoms with E-state index in [9.17, 15) is 19.1 Å². The van der Waals surface area contributed by atoms with Gasteiger partial charge in [-0.2, -0.15) is 5.26 Å². The molecule has 10 nitrogen and oxygen atoms in total. The van der Waals surface area contributed by atoms with Crippen molar-refractivity contribution < 1.29 is 18.4 Å². The highest BCUT2D eigenvalue weighted by Gasteiger charge is 2.51. The summed E-state index contributed by atoms with van der Waals surface area (Å²) >= 11 is -2.13. The van der Waals surface area contributed by atoms with Gasteiger partial charge in [0.05, 0.1) is 24.2 Å². The second-order valence-electron chi connectivity index (χ2n) is 8.68. The zero-order valence-corrected chi connectivity index (χ0v) is 18.7. The molecular weight excluding hydrogens is 432 g/mol. The molecule has 0 aromatic heterocycles. The SMILES string of the molecule is C[C@H](c1ccc(NS(=O)O)cc1)N1C(=O)[C@H]2C[C@@H]1CN2C[C@H](N)C(=O)N1CCC[C@H]1C#N. The van der Waals surface area contributed by atoms with Crippen molar-refractivity contribution in [2.45, 2.75) is 56.4 Å². The van der Waals surface area contributed by atoms with E-state index in [0.29, 0.717) is 38.2 Å². The number of nitrogens with one attached hydrogen (secondary N) is 1. The molecule has 1 aromatic carbocycles. The molecule has 2 bridgehead atoms. The van der Waals surface area contributed by atoms with Crippen molar-refractivity contribution in [2.75, 3.05) is 24.4 Å². The third kappa shape index (κ3) is 4.23. The highest BCUT2D eigenvalue weighted by Crippen LogP contribution is 2.38. The number of fused-ring (bicyclic) bond motifs is 2. The van der Waals surface area contributed by atoms with E-state index in [1.807, 2.05) is 28.9 Å². The van der Waals surface area contributed by atoms with Gasteiger partial charge in [0.15, 0.2) is 0 Å². The van der Waals surface area contributed by atoms with Gasteiger partial charge < -0.3 is 15.5 Å². The number of hydrogen-bond donors (Lipinski definition) is 3. The van der Waals surface area contributed by atoms with Crippen LogP contribution in [-0.2, 0) is 20.9 Å². The molecule has 3 heterocycles. The van der Waals surface area contributed by atoms with Crippen LogP contribution in [-0.4, -0.2) is 79.1 Å². The first kappa shape index (κ1) is 22.7. The Morgan fingerprint density at radius 1 is 1.41 bits per heavy atom. The summed E-state index contributed by atoms with van der Waals surface area (Å²) in [5.74, 6) is -0.185. The predicted octanol–water partition coefficient (Wildman–Crippen LogP) is 0.423. The predicted molar refractivity (Wildman–Crippen MR) is 118 cm³/mol. The Labute approximate surface area is 189 Å². The maximum absolute atomic E-state index is 13.1. The summed E-state index contributed by atoms with van der Waals surface area (Å²) in [6.07, 6.45) is 2.20. The number of amides is 2. The molecule has 3 fully saturated rings. The second-order valence-corrected chi connectivity index (χ2v) is 9.38. The van der Waals surface area contributed by atoms with Crippen LogP contribution in [0.4, 0.5) is 5.69 Å². The van der Waals surface area contributed by atoms with E-state index in [4.69, 9.17) is 10.3 Å². The third-order valence-corrected chi connectivity index (χ3v) is 7.17. The minimum atomic E-state index is -2.13. The first-order valence-corrected chi connectivity index (χ1v) is 11.9. The molecule has 4 N–H and O–H groups in total. The Hall–Kier alpha value is -2.52. The summed E-state index contributed by atoms with van der Waals surface area (Å²) in [5, 5.41) is 9.23. The van der Waals surface area contributed by atoms with E-state index < -0.39 is 23.4 Å². The maximum Gasteiger partial charge on any atom is 0.259 e. The molecule has 2 amide bonds. The van der Waals surface area contributed by atoms with Gasteiger partial charge in [-0.05, 0) is 43.9 Å². The number of nitrogens with two attached hydrogens (primary N) is 1. The van der Waals surface area contributed by atoms with Gasteiger partial charge in [0.25, 0.3) is 11.3 Å². The molecule has 0 aliphatic carbocycles. The molecular formula is C21H28N6O4S. The summed E-state index contributed by atoms with van der Waals surface area (Å²) in [6, 6.07) is 7.74. The largest absolute Gasteiger partial charge is 0.330 e. The molecule has 0 radical (unpaired) electrons. The highest BCUT2D eigenvalue weighted by molar-refractivity contribution is 7.80. The molecule has 6 atom stereocenters. The van der Waals surface area contributed by atoms with Crippen molar-refractivity contribution in [3.63, 3.8) is 0 Å². The fourth-order valence-corrected chi connectivity index (χ4v) is 5.54. The van der Waals surface area contributed by atoms with Gasteiger partial charge in [-0.25, -0.2) is 4.21 Å². The fourth-order valence-electron chi connectivity index (χ4n) is 5.20. The van der Waals surface area contributed by atoms with E-state index in [0.717, 1.165) is 12.0 Å². The quantitative estimate of drug-likeness (QED) is 0.501. The lowest BCUT2D eigenvalue weighted by Gasteiger charge is -2.38. The summed E-state index contributed by atoms with van der Waals surface area (Å²) < 4.78 is 22.2. The molecule has 1 aromatic rings. The van der Waals surface area contributed by atoms with Crippen LogP contribution in [0.15, 0.2) is 24.3 Å². The van der Waals surface area contributed by atoms with Gasteiger partial charge >= 0.3 is 0 Å². The van der Waals surface area contributed by atoms with Crippen LogP contribution in [0, 0.1) is 11.3 Å². The van der Waals surface area contributed by atoms with Crippen LogP contribution in [0.1, 0.15) is 37.8 Å². The first-order chi connectivity index (χ1) is 15.3. The van der Waals surface area contributed by atoms with E-state index in [2.05, 4.69) is 10.8 Å². The first-order valence-electron chi connectivity index (χ1n) is 10.8. The van der Waals surface area contributed by atoms with Gasteiger partial charge in [0.1, 0.15) is 6.04 Å². The number of hydrogen-bond acceptors (Lipinski definition) is 6. The highest BCUT2D eigenvalue weighted by atomic mass is 32.2. The Kier molecular flexibility index (Phi) is 6.48. The molecule has 3 saturated heterocycles. The van der Waals surface area contributed by atoms with E-state index in [1.54, 1.807) is 17.0 Å². The Balaban J connectivity index is 1.37. The molecule has 4 rings (SSSR count). The van der Waals surface area contributed by atoms with Crippen molar-refractivity contribution in [3.8, 4) is 6.07 Å². The van der Waals surface area contributed by atoms with Crippen LogP contribution in [0.5, 0.6) is 0 Å². The Morgan fingerprint density at radius 2 is 2.12 bits per heavy atom. The molecule has 3 aliphatic rings. The summed E-state index contributed by atoms with van der Waals surface area (Å²) in [6.45, 7) is 3.50. The van der Waals surface area contributed by atoms with Crippen LogP contribution < -0.4 is 10.5 Å². The smallest absolute Gasteiger partial charge is 0.259 e. The monoisotopic (exact) mass is 460 g/mol. The van der Waals surface area contributed by atoms with E-state index in [1.165, 1.54) is 0 Å². The summed E-state index contributed by atoms with van der Waals surface area (Å²) in [4.78, 5) is 31.3. The Morgan fingerprint density at radius 3 is 2.75 bits per heavy atom. The molecule has 0 spiro atoms. The van der Waals surface area contributed by atoms with Gasteiger partial charge in [-0.1, -0.05) is 12.1 Å². The van der Waals surface area contributed by atoms with Crippen LogP contribution in [0.25, 0.3) is 0 Å². The number of nitriles is 1. The minimum Gasteiger partial charge on any atom is -0.330 e. The van der Waals surface area contributed by atoms with Crippen molar-refractivity contribution in [1.82, 2.24) is 14.7 Å². The van der Waals surface area contributed by atoms with Gasteiger partial charge in [-0.3, -0.25) is 23.8 Å². The lowest BCUT2D eigenvalue weighted by Crippen LogP contribution is -2.56. The number of anilines is 1. The average Bonchev–Trinajstić information content (AvgIpc) is 3.47. The topological polar surface area (TPSA) is 143 Å². The van der Waals surface area contributed by atoms with Crippen molar-refractivity contribution in [3.05, 3.63) is 29.8 Å². The number of benzene rings is 1. The van der Waals surface area contributed by atoms with E-state index in [-0.39, 0.29) is 29.9 Å². The van der Waals surface area contributed by atoms with Crippen LogP contribution in [0.2, 0.25) is 0 Å². The Bertz CT molecular complexity index is 951. The van der Waals surface area contributed by atoms with Crippen LogP contribution >= 0.6 is 0 Å². The zero-order valence-electron chi connectivity index (χ0n) is 17.9. The van der Waals surface area contributed by atoms with Crippen molar-refractivity contribution >= 4 is 28.8 Å². The van der Waals surface area contributed by atoms with Crippen molar-refractivity contribution in [1.29, 1.82) is 5.26 Å². The van der Waals surface area contributed by atoms with Gasteiger partial charge in [0, 0.05) is 31.4 Å². The summed E-state index contributed by atoms with van der Waals surface area (Å²) in [7, 11) is 0. The second kappa shape index (κ2) is 9.15. The lowest BCUT2D eigenvalue weighted by atomic mass is 10.0. The molecule has 11 heteroatoms. The van der Waals surface area contributed by atoms with Crippen molar-refractivity contribution in [2.24, 2.45) is 5.73 Å². The van der Waals surface area contributed by atoms with Gasteiger partial charge in [0.2, 0.25) is 11.8 Å². The lowest BCUT2D eigenvalue weighted by molar-refractivity contribution is -0.140. The number of carbonyl (C=O) groups excluding carboxylic acids is 2. The summed E-state index contributed by atoms with van der Waals surface area (Å²) in [5.41, 5.74) is 7.66. The molecule has 1 unspecified atom stereocenters. The molecule has 32 heavy (non-hydrogen) atoms. The third-order valence-electron chi connectivity index (χ3n) is 6.76. The average molecular weight is 461 g/mol. The van der Waals surface area contributed by atoms with Crippen LogP contribution in [0.3, 0.4) is 0 Å². The number of piperazine rings is 1. The molecule has 3 aliphatic heterocycles. The molecule has 0 saturated carbocycles. The van der Waals surface area contributed by atoms with E-state index >= 15 is 0 Å². The number of likely N-dealkylation sites (tertiary alicyclic amines) is 3.